The number of hydrogen-bond acceptors (Lipinski definition) is 3. The Labute approximate surface area is 169 Å². The minimum Gasteiger partial charge on any atom is -0.480 e. The standard InChI is InChI=1S/C17H10BrCl2FN2O4/c18-9-2-1-8(13(21)3-9)6-23-16(26)10-4-11(19)12(20)5-14(10)22(17(23)27)7-15(24)25/h1-5H,6-7H2,(H,24,25). The first kappa shape index (κ1) is 19.6. The van der Waals surface area contributed by atoms with E-state index in [1.807, 2.05) is 0 Å². The van der Waals surface area contributed by atoms with Crippen molar-refractivity contribution in [2.24, 2.45) is 0 Å². The van der Waals surface area contributed by atoms with Gasteiger partial charge in [0.25, 0.3) is 5.56 Å². The average molecular weight is 476 g/mol. The van der Waals surface area contributed by atoms with Gasteiger partial charge in [0, 0.05) is 10.0 Å². The van der Waals surface area contributed by atoms with E-state index in [1.54, 1.807) is 6.07 Å². The fraction of sp³-hybridized carbons (Fsp3) is 0.118. The molecule has 2 aromatic carbocycles. The number of halogens is 4. The van der Waals surface area contributed by atoms with Crippen LogP contribution in [-0.2, 0) is 17.9 Å². The van der Waals surface area contributed by atoms with E-state index < -0.39 is 29.6 Å². The van der Waals surface area contributed by atoms with Crippen molar-refractivity contribution in [2.75, 3.05) is 0 Å². The third-order valence-electron chi connectivity index (χ3n) is 3.90. The van der Waals surface area contributed by atoms with Crippen molar-refractivity contribution in [3.63, 3.8) is 0 Å². The van der Waals surface area contributed by atoms with Crippen LogP contribution in [0.5, 0.6) is 0 Å². The van der Waals surface area contributed by atoms with Gasteiger partial charge in [-0.2, -0.15) is 0 Å². The largest absolute Gasteiger partial charge is 0.480 e. The maximum atomic E-state index is 14.2. The molecule has 27 heavy (non-hydrogen) atoms. The molecule has 3 rings (SSSR count). The van der Waals surface area contributed by atoms with Crippen molar-refractivity contribution in [2.45, 2.75) is 13.1 Å². The summed E-state index contributed by atoms with van der Waals surface area (Å²) in [6.45, 7) is -1.07. The molecule has 0 fully saturated rings. The van der Waals surface area contributed by atoms with Gasteiger partial charge in [0.2, 0.25) is 0 Å². The Hall–Kier alpha value is -2.16. The van der Waals surface area contributed by atoms with E-state index in [0.717, 1.165) is 9.13 Å². The molecular formula is C17H10BrCl2FN2O4. The number of benzene rings is 2. The molecule has 0 saturated carbocycles. The predicted molar refractivity (Wildman–Crippen MR) is 103 cm³/mol. The lowest BCUT2D eigenvalue weighted by Gasteiger charge is -2.14. The topological polar surface area (TPSA) is 81.3 Å². The van der Waals surface area contributed by atoms with E-state index in [-0.39, 0.29) is 33.1 Å². The molecule has 0 saturated heterocycles. The lowest BCUT2D eigenvalue weighted by Crippen LogP contribution is -2.41. The summed E-state index contributed by atoms with van der Waals surface area (Å²) in [5.74, 6) is -1.90. The average Bonchev–Trinajstić information content (AvgIpc) is 2.59. The summed E-state index contributed by atoms with van der Waals surface area (Å²) in [7, 11) is 0. The minimum atomic E-state index is -1.29. The molecule has 0 atom stereocenters. The van der Waals surface area contributed by atoms with Crippen LogP contribution >= 0.6 is 39.1 Å². The smallest absolute Gasteiger partial charge is 0.332 e. The highest BCUT2D eigenvalue weighted by Crippen LogP contribution is 2.26. The molecule has 1 aromatic heterocycles. The molecule has 140 valence electrons. The number of hydrogen-bond donors (Lipinski definition) is 1. The van der Waals surface area contributed by atoms with Crippen molar-refractivity contribution in [3.8, 4) is 0 Å². The molecular weight excluding hydrogens is 466 g/mol. The lowest BCUT2D eigenvalue weighted by atomic mass is 10.2. The van der Waals surface area contributed by atoms with Crippen molar-refractivity contribution in [1.29, 1.82) is 0 Å². The summed E-state index contributed by atoms with van der Waals surface area (Å²) < 4.78 is 16.3. The number of carbonyl (C=O) groups is 1. The number of rotatable bonds is 4. The lowest BCUT2D eigenvalue weighted by molar-refractivity contribution is -0.137. The van der Waals surface area contributed by atoms with E-state index in [4.69, 9.17) is 28.3 Å². The van der Waals surface area contributed by atoms with Gasteiger partial charge >= 0.3 is 11.7 Å². The monoisotopic (exact) mass is 474 g/mol. The van der Waals surface area contributed by atoms with Crippen LogP contribution < -0.4 is 11.2 Å². The Morgan fingerprint density at radius 1 is 1.11 bits per heavy atom. The van der Waals surface area contributed by atoms with E-state index in [2.05, 4.69) is 15.9 Å². The Morgan fingerprint density at radius 2 is 1.78 bits per heavy atom. The quantitative estimate of drug-likeness (QED) is 0.626. The third kappa shape index (κ3) is 3.78. The first-order valence-electron chi connectivity index (χ1n) is 7.47. The Morgan fingerprint density at radius 3 is 2.41 bits per heavy atom. The number of fused-ring (bicyclic) bond motifs is 1. The molecule has 0 spiro atoms. The molecule has 1 heterocycles. The number of nitrogens with zero attached hydrogens (tertiary/aromatic N) is 2. The molecule has 0 radical (unpaired) electrons. The van der Waals surface area contributed by atoms with Crippen molar-refractivity contribution < 1.29 is 14.3 Å². The molecule has 0 bridgehead atoms. The van der Waals surface area contributed by atoms with E-state index in [1.165, 1.54) is 24.3 Å². The van der Waals surface area contributed by atoms with Crippen molar-refractivity contribution in [3.05, 3.63) is 77.1 Å². The highest BCUT2D eigenvalue weighted by molar-refractivity contribution is 9.10. The molecule has 10 heteroatoms. The first-order chi connectivity index (χ1) is 12.7. The second kappa shape index (κ2) is 7.46. The Bertz CT molecular complexity index is 1210. The number of carboxylic acids is 1. The highest BCUT2D eigenvalue weighted by Gasteiger charge is 2.18. The van der Waals surface area contributed by atoms with Gasteiger partial charge in [0.05, 0.1) is 27.5 Å². The number of carboxylic acid groups (broad SMARTS) is 1. The summed E-state index contributed by atoms with van der Waals surface area (Å²) in [4.78, 5) is 36.8. The van der Waals surface area contributed by atoms with E-state index in [0.29, 0.717) is 4.47 Å². The van der Waals surface area contributed by atoms with Gasteiger partial charge in [-0.25, -0.2) is 9.18 Å². The summed E-state index contributed by atoms with van der Waals surface area (Å²) in [5.41, 5.74) is -1.49. The number of aromatic nitrogens is 2. The van der Waals surface area contributed by atoms with Gasteiger partial charge in [-0.05, 0) is 24.3 Å². The van der Waals surface area contributed by atoms with Crippen LogP contribution in [0, 0.1) is 5.82 Å². The van der Waals surface area contributed by atoms with Gasteiger partial charge < -0.3 is 5.11 Å². The molecule has 0 aliphatic heterocycles. The zero-order valence-electron chi connectivity index (χ0n) is 13.4. The highest BCUT2D eigenvalue weighted by atomic mass is 79.9. The molecule has 1 N–H and O–H groups in total. The first-order valence-corrected chi connectivity index (χ1v) is 9.02. The summed E-state index contributed by atoms with van der Waals surface area (Å²) in [6, 6.07) is 6.71. The zero-order valence-corrected chi connectivity index (χ0v) is 16.5. The second-order valence-electron chi connectivity index (χ2n) is 5.67. The van der Waals surface area contributed by atoms with Crippen LogP contribution in [0.3, 0.4) is 0 Å². The minimum absolute atomic E-state index is 0.00256. The normalized spacial score (nSPS) is 11.1. The molecule has 0 amide bonds. The van der Waals surface area contributed by atoms with Gasteiger partial charge in [0.15, 0.2) is 0 Å². The SMILES string of the molecule is O=C(O)Cn1c(=O)n(Cc2ccc(Br)cc2F)c(=O)c2cc(Cl)c(Cl)cc21. The van der Waals surface area contributed by atoms with Gasteiger partial charge in [-0.3, -0.25) is 18.7 Å². The van der Waals surface area contributed by atoms with Crippen LogP contribution in [0.15, 0.2) is 44.4 Å². The van der Waals surface area contributed by atoms with Crippen LogP contribution in [0.25, 0.3) is 10.9 Å². The maximum absolute atomic E-state index is 14.2. The second-order valence-corrected chi connectivity index (χ2v) is 7.40. The zero-order chi connectivity index (χ0) is 19.9. The Balaban J connectivity index is 2.32. The molecule has 0 aliphatic rings. The van der Waals surface area contributed by atoms with Gasteiger partial charge in [-0.15, -0.1) is 0 Å². The van der Waals surface area contributed by atoms with Crippen LogP contribution in [-0.4, -0.2) is 20.2 Å². The molecule has 0 aliphatic carbocycles. The maximum Gasteiger partial charge on any atom is 0.332 e. The fourth-order valence-electron chi connectivity index (χ4n) is 2.66. The third-order valence-corrected chi connectivity index (χ3v) is 5.12. The van der Waals surface area contributed by atoms with Gasteiger partial charge in [-0.1, -0.05) is 45.2 Å². The van der Waals surface area contributed by atoms with E-state index in [9.17, 15) is 18.8 Å². The van der Waals surface area contributed by atoms with Crippen molar-refractivity contribution >= 4 is 56.0 Å². The molecule has 6 nitrogen and oxygen atoms in total. The van der Waals surface area contributed by atoms with Crippen LogP contribution in [0.2, 0.25) is 10.0 Å². The summed E-state index contributed by atoms with van der Waals surface area (Å²) in [5, 5.41) is 9.27. The predicted octanol–water partition coefficient (Wildman–Crippen LogP) is 3.50. The van der Waals surface area contributed by atoms with Crippen molar-refractivity contribution in [1.82, 2.24) is 9.13 Å². The van der Waals surface area contributed by atoms with E-state index >= 15 is 0 Å². The van der Waals surface area contributed by atoms with Gasteiger partial charge in [0.1, 0.15) is 12.4 Å². The number of aliphatic carboxylic acids is 1. The fourth-order valence-corrected chi connectivity index (χ4v) is 3.31. The van der Waals surface area contributed by atoms with Crippen LogP contribution in [0.4, 0.5) is 4.39 Å². The molecule has 0 unspecified atom stereocenters. The summed E-state index contributed by atoms with van der Waals surface area (Å²) >= 11 is 15.0. The molecule has 3 aromatic rings. The summed E-state index contributed by atoms with van der Waals surface area (Å²) in [6.07, 6.45) is 0. The Kier molecular flexibility index (Phi) is 5.41. The van der Waals surface area contributed by atoms with Crippen LogP contribution in [0.1, 0.15) is 5.56 Å².